The third-order valence-corrected chi connectivity index (χ3v) is 6.95. The molecule has 2 atom stereocenters. The van der Waals surface area contributed by atoms with Crippen LogP contribution in [0.5, 0.6) is 0 Å². The number of hydrogen-bond acceptors (Lipinski definition) is 6. The molecule has 0 saturated heterocycles. The number of esters is 1. The van der Waals surface area contributed by atoms with Crippen molar-refractivity contribution in [2.24, 2.45) is 10.9 Å². The summed E-state index contributed by atoms with van der Waals surface area (Å²) >= 11 is 1.69. The zero-order valence-electron chi connectivity index (χ0n) is 15.5. The lowest BCUT2D eigenvalue weighted by Gasteiger charge is -2.25. The van der Waals surface area contributed by atoms with Gasteiger partial charge in [0.15, 0.2) is 0 Å². The van der Waals surface area contributed by atoms with Crippen molar-refractivity contribution in [2.45, 2.75) is 38.0 Å². The molecule has 3 heterocycles. The van der Waals surface area contributed by atoms with E-state index in [-0.39, 0.29) is 29.6 Å². The fourth-order valence-corrected chi connectivity index (χ4v) is 5.72. The molecule has 5 rings (SSSR count). The average Bonchev–Trinajstić information content (AvgIpc) is 3.24. The molecule has 0 radical (unpaired) electrons. The number of para-hydroxylation sites is 1. The van der Waals surface area contributed by atoms with Crippen molar-refractivity contribution >= 4 is 40.4 Å². The van der Waals surface area contributed by atoms with E-state index in [2.05, 4.69) is 10.3 Å². The molecule has 1 N–H and O–H groups in total. The Morgan fingerprint density at radius 2 is 2.14 bits per heavy atom. The Kier molecular flexibility index (Phi) is 4.27. The van der Waals surface area contributed by atoms with Crippen LogP contribution in [0, 0.1) is 12.8 Å². The second-order valence-corrected chi connectivity index (χ2v) is 8.55. The number of aliphatic imine (C=N–C) groups is 1. The third kappa shape index (κ3) is 2.85. The van der Waals surface area contributed by atoms with Gasteiger partial charge in [-0.15, -0.1) is 11.8 Å². The highest BCUT2D eigenvalue weighted by Gasteiger charge is 2.43. The van der Waals surface area contributed by atoms with Gasteiger partial charge >= 0.3 is 5.97 Å². The monoisotopic (exact) mass is 396 g/mol. The molecule has 7 heteroatoms. The number of allylic oxidation sites excluding steroid dienone is 1. The summed E-state index contributed by atoms with van der Waals surface area (Å²) in [6, 6.07) is 7.48. The van der Waals surface area contributed by atoms with Crippen molar-refractivity contribution in [3.63, 3.8) is 0 Å². The van der Waals surface area contributed by atoms with Crippen LogP contribution in [0.15, 0.2) is 44.2 Å². The fourth-order valence-electron chi connectivity index (χ4n) is 4.19. The first-order valence-corrected chi connectivity index (χ1v) is 10.4. The lowest BCUT2D eigenvalue weighted by Crippen LogP contribution is -2.46. The van der Waals surface area contributed by atoms with E-state index < -0.39 is 5.97 Å². The predicted octanol–water partition coefficient (Wildman–Crippen LogP) is 3.94. The maximum absolute atomic E-state index is 12.6. The summed E-state index contributed by atoms with van der Waals surface area (Å²) in [6.07, 6.45) is 4.35. The van der Waals surface area contributed by atoms with Gasteiger partial charge < -0.3 is 14.5 Å². The van der Waals surface area contributed by atoms with Crippen molar-refractivity contribution < 1.29 is 18.7 Å². The molecule has 28 heavy (non-hydrogen) atoms. The van der Waals surface area contributed by atoms with E-state index in [0.29, 0.717) is 11.4 Å². The molecule has 2 aliphatic heterocycles. The van der Waals surface area contributed by atoms with Crippen LogP contribution in [0.25, 0.3) is 11.0 Å². The van der Waals surface area contributed by atoms with Crippen molar-refractivity contribution in [3.05, 3.63) is 46.1 Å². The predicted molar refractivity (Wildman–Crippen MR) is 107 cm³/mol. The highest BCUT2D eigenvalue weighted by atomic mass is 32.2. The van der Waals surface area contributed by atoms with Crippen LogP contribution >= 0.6 is 11.8 Å². The minimum Gasteiger partial charge on any atom is -0.452 e. The van der Waals surface area contributed by atoms with Crippen LogP contribution < -0.4 is 5.32 Å². The Balaban J connectivity index is 1.30. The first kappa shape index (κ1) is 17.6. The summed E-state index contributed by atoms with van der Waals surface area (Å²) < 4.78 is 11.0. The number of benzene rings is 1. The number of ether oxygens (including phenoxy) is 1. The number of aryl methyl sites for hydroxylation is 1. The largest absolute Gasteiger partial charge is 0.452 e. The topological polar surface area (TPSA) is 80.9 Å². The highest BCUT2D eigenvalue weighted by molar-refractivity contribution is 8.04. The molecule has 2 unspecified atom stereocenters. The molecule has 2 aromatic rings. The van der Waals surface area contributed by atoms with Crippen molar-refractivity contribution in [2.75, 3.05) is 6.61 Å². The van der Waals surface area contributed by atoms with Gasteiger partial charge in [-0.3, -0.25) is 9.79 Å². The average molecular weight is 396 g/mol. The summed E-state index contributed by atoms with van der Waals surface area (Å²) in [5.74, 6) is -0.165. The smallest absolute Gasteiger partial charge is 0.375 e. The number of hydrogen-bond donors (Lipinski definition) is 1. The highest BCUT2D eigenvalue weighted by Crippen LogP contribution is 2.50. The quantitative estimate of drug-likeness (QED) is 0.795. The van der Waals surface area contributed by atoms with Gasteiger partial charge in [0.1, 0.15) is 23.4 Å². The Hall–Kier alpha value is -2.54. The lowest BCUT2D eigenvalue weighted by molar-refractivity contribution is -0.122. The van der Waals surface area contributed by atoms with Gasteiger partial charge in [0, 0.05) is 10.9 Å². The van der Waals surface area contributed by atoms with Crippen LogP contribution in [-0.2, 0) is 9.53 Å². The molecular weight excluding hydrogens is 376 g/mol. The van der Waals surface area contributed by atoms with E-state index in [9.17, 15) is 9.59 Å². The van der Waals surface area contributed by atoms with E-state index in [0.717, 1.165) is 30.2 Å². The number of carbonyl (C=O) groups excluding carboxylic acids is 2. The molecule has 1 aromatic carbocycles. The Labute approximate surface area is 166 Å². The van der Waals surface area contributed by atoms with Gasteiger partial charge in [-0.1, -0.05) is 18.2 Å². The number of thioether (sulfide) groups is 1. The number of amidine groups is 1. The van der Waals surface area contributed by atoms with E-state index in [1.54, 1.807) is 11.8 Å². The van der Waals surface area contributed by atoms with Crippen LogP contribution in [0.2, 0.25) is 0 Å². The normalized spacial score (nSPS) is 23.9. The number of nitrogens with one attached hydrogen (secondary N) is 1. The Bertz CT molecular complexity index is 1050. The second kappa shape index (κ2) is 6.81. The summed E-state index contributed by atoms with van der Waals surface area (Å²) in [6.45, 7) is 1.76. The molecule has 0 fully saturated rings. The molecule has 3 aliphatic rings. The van der Waals surface area contributed by atoms with E-state index >= 15 is 0 Å². The van der Waals surface area contributed by atoms with Gasteiger partial charge in [0.25, 0.3) is 0 Å². The van der Waals surface area contributed by atoms with Gasteiger partial charge in [0.05, 0.1) is 5.92 Å². The maximum atomic E-state index is 12.6. The first-order chi connectivity index (χ1) is 13.6. The molecule has 0 saturated carbocycles. The van der Waals surface area contributed by atoms with E-state index in [1.807, 2.05) is 31.2 Å². The van der Waals surface area contributed by atoms with Crippen molar-refractivity contribution in [1.29, 1.82) is 0 Å². The summed E-state index contributed by atoms with van der Waals surface area (Å²) in [5.41, 5.74) is 2.66. The van der Waals surface area contributed by atoms with Gasteiger partial charge in [0.2, 0.25) is 11.7 Å². The number of carbonyl (C=O) groups is 2. The fraction of sp³-hybridized carbons (Fsp3) is 0.381. The van der Waals surface area contributed by atoms with Crippen molar-refractivity contribution in [3.8, 4) is 0 Å². The van der Waals surface area contributed by atoms with Crippen LogP contribution in [0.3, 0.4) is 0 Å². The van der Waals surface area contributed by atoms with E-state index in [4.69, 9.17) is 9.15 Å². The maximum Gasteiger partial charge on any atom is 0.375 e. The third-order valence-electron chi connectivity index (χ3n) is 5.58. The van der Waals surface area contributed by atoms with E-state index in [1.165, 1.54) is 16.9 Å². The Morgan fingerprint density at radius 1 is 1.32 bits per heavy atom. The van der Waals surface area contributed by atoms with Gasteiger partial charge in [-0.2, -0.15) is 0 Å². The molecule has 0 bridgehead atoms. The van der Waals surface area contributed by atoms with Crippen LogP contribution in [0.1, 0.15) is 41.8 Å². The number of furan rings is 1. The lowest BCUT2D eigenvalue weighted by atomic mass is 9.88. The van der Waals surface area contributed by atoms with Crippen molar-refractivity contribution in [1.82, 2.24) is 5.32 Å². The van der Waals surface area contributed by atoms with Crippen LogP contribution in [-0.4, -0.2) is 29.7 Å². The Morgan fingerprint density at radius 3 is 3.00 bits per heavy atom. The zero-order valence-corrected chi connectivity index (χ0v) is 16.3. The summed E-state index contributed by atoms with van der Waals surface area (Å²) in [7, 11) is 0. The SMILES string of the molecule is Cc1c(C(=O)OCC2=NC3SC4=C(CCCC4)C3C(=O)N2)oc2ccccc12. The number of nitrogens with zero attached hydrogens (tertiary/aromatic N) is 1. The first-order valence-electron chi connectivity index (χ1n) is 9.53. The van der Waals surface area contributed by atoms with Crippen LogP contribution in [0.4, 0.5) is 0 Å². The standard InChI is InChI=1S/C21H20N2O4S/c1-11-12-6-2-4-8-14(12)27-18(11)21(25)26-10-16-22-19(24)17-13-7-3-5-9-15(13)28-20(17)23-16/h2,4,6,8,17,20H,3,5,7,9-10H2,1H3,(H,22,23,24). The second-order valence-electron chi connectivity index (χ2n) is 7.34. The number of amides is 1. The minimum atomic E-state index is -0.552. The zero-order chi connectivity index (χ0) is 19.3. The minimum absolute atomic E-state index is 0.0367. The molecular formula is C21H20N2O4S. The molecule has 1 amide bonds. The molecule has 0 spiro atoms. The number of fused-ring (bicyclic) bond motifs is 3. The summed E-state index contributed by atoms with van der Waals surface area (Å²) in [5, 5.41) is 3.59. The van der Waals surface area contributed by atoms with Gasteiger partial charge in [-0.25, -0.2) is 4.79 Å². The molecule has 6 nitrogen and oxygen atoms in total. The molecule has 1 aromatic heterocycles. The van der Waals surface area contributed by atoms with Gasteiger partial charge in [-0.05, 0) is 49.2 Å². The molecule has 144 valence electrons. The summed E-state index contributed by atoms with van der Waals surface area (Å²) in [4.78, 5) is 31.1. The molecule has 1 aliphatic carbocycles. The number of rotatable bonds is 3.